The molecule has 1 aromatic carbocycles. The number of hydrogen-bond donors (Lipinski definition) is 1. The number of carbonyl (C=O) groups is 3. The summed E-state index contributed by atoms with van der Waals surface area (Å²) < 4.78 is 15.7. The van der Waals surface area contributed by atoms with Gasteiger partial charge in [-0.05, 0) is 36.8 Å². The molecule has 0 aliphatic carbocycles. The van der Waals surface area contributed by atoms with E-state index < -0.39 is 12.1 Å². The number of rotatable bonds is 6. The number of ether oxygens (including phenoxy) is 3. The van der Waals surface area contributed by atoms with Crippen LogP contribution in [0.2, 0.25) is 0 Å². The Balaban J connectivity index is 1.37. The third-order valence-corrected chi connectivity index (χ3v) is 5.50. The topological polar surface area (TPSA) is 110 Å². The lowest BCUT2D eigenvalue weighted by Crippen LogP contribution is -2.52. The van der Waals surface area contributed by atoms with E-state index in [9.17, 15) is 14.4 Å². The molecular weight excluding hydrogens is 428 g/mol. The van der Waals surface area contributed by atoms with E-state index in [2.05, 4.69) is 10.3 Å². The normalized spacial score (nSPS) is 15.7. The third kappa shape index (κ3) is 5.16. The maximum Gasteiger partial charge on any atom is 0.303 e. The first-order valence-electron chi connectivity index (χ1n) is 10.7. The minimum absolute atomic E-state index is 0.200. The van der Waals surface area contributed by atoms with Crippen LogP contribution < -0.4 is 19.7 Å². The molecule has 2 aliphatic rings. The van der Waals surface area contributed by atoms with E-state index >= 15 is 0 Å². The number of anilines is 1. The lowest BCUT2D eigenvalue weighted by atomic mass is 10.1. The molecule has 4 rings (SSSR count). The third-order valence-electron chi connectivity index (χ3n) is 5.50. The van der Waals surface area contributed by atoms with Crippen molar-refractivity contribution in [3.05, 3.63) is 47.7 Å². The Bertz CT molecular complexity index is 1050. The van der Waals surface area contributed by atoms with Crippen molar-refractivity contribution in [1.82, 2.24) is 15.2 Å². The number of fused-ring (bicyclic) bond motifs is 1. The first-order chi connectivity index (χ1) is 15.9. The van der Waals surface area contributed by atoms with Crippen LogP contribution in [0.3, 0.4) is 0 Å². The van der Waals surface area contributed by atoms with Crippen molar-refractivity contribution < 1.29 is 28.6 Å². The van der Waals surface area contributed by atoms with Crippen LogP contribution in [0.25, 0.3) is 0 Å². The summed E-state index contributed by atoms with van der Waals surface area (Å²) in [6, 6.07) is 9.00. The molecule has 174 valence electrons. The van der Waals surface area contributed by atoms with Gasteiger partial charge in [0, 0.05) is 45.8 Å². The standard InChI is InChI=1S/C23H26N4O6/c1-15(33-16(2)28)23(30)27-10-8-26(9-11-27)21-18(4-3-7-24-21)22(29)25-13-17-5-6-19-20(12-17)32-14-31-19/h3-7,12,15H,8-11,13-14H2,1-2H3,(H,25,29)/t15-/m0/s1. The molecule has 0 unspecified atom stereocenters. The van der Waals surface area contributed by atoms with Crippen LogP contribution in [0.1, 0.15) is 29.8 Å². The molecule has 10 heteroatoms. The van der Waals surface area contributed by atoms with E-state index in [1.54, 1.807) is 30.2 Å². The van der Waals surface area contributed by atoms with Crippen molar-refractivity contribution in [2.45, 2.75) is 26.5 Å². The Morgan fingerprint density at radius 2 is 1.88 bits per heavy atom. The molecule has 2 aliphatic heterocycles. The quantitative estimate of drug-likeness (QED) is 0.651. The zero-order valence-electron chi connectivity index (χ0n) is 18.6. The number of pyridine rings is 1. The maximum atomic E-state index is 12.9. The number of benzene rings is 1. The molecule has 0 bridgehead atoms. The summed E-state index contributed by atoms with van der Waals surface area (Å²) in [5, 5.41) is 2.93. The van der Waals surface area contributed by atoms with Gasteiger partial charge in [0.2, 0.25) is 6.79 Å². The Morgan fingerprint density at radius 3 is 2.64 bits per heavy atom. The number of piperazine rings is 1. The van der Waals surface area contributed by atoms with Crippen molar-refractivity contribution in [3.8, 4) is 11.5 Å². The monoisotopic (exact) mass is 454 g/mol. The lowest BCUT2D eigenvalue weighted by molar-refractivity contribution is -0.157. The average Bonchev–Trinajstić information content (AvgIpc) is 3.30. The molecule has 2 aromatic rings. The highest BCUT2D eigenvalue weighted by atomic mass is 16.7. The van der Waals surface area contributed by atoms with E-state index in [4.69, 9.17) is 14.2 Å². The Kier molecular flexibility index (Phi) is 6.62. The van der Waals surface area contributed by atoms with Crippen LogP contribution in [0, 0.1) is 0 Å². The Hall–Kier alpha value is -3.82. The maximum absolute atomic E-state index is 12.9. The first-order valence-corrected chi connectivity index (χ1v) is 10.7. The smallest absolute Gasteiger partial charge is 0.303 e. The van der Waals surface area contributed by atoms with Gasteiger partial charge in [0.25, 0.3) is 11.8 Å². The van der Waals surface area contributed by atoms with Crippen molar-refractivity contribution >= 4 is 23.6 Å². The summed E-state index contributed by atoms with van der Waals surface area (Å²) in [6.45, 7) is 5.29. The second-order valence-electron chi connectivity index (χ2n) is 7.81. The van der Waals surface area contributed by atoms with E-state index in [-0.39, 0.29) is 18.6 Å². The molecular formula is C23H26N4O6. The zero-order valence-corrected chi connectivity index (χ0v) is 18.6. The van der Waals surface area contributed by atoms with Crippen LogP contribution in [0.4, 0.5) is 5.82 Å². The summed E-state index contributed by atoms with van der Waals surface area (Å²) in [5.41, 5.74) is 1.36. The Morgan fingerprint density at radius 1 is 1.12 bits per heavy atom. The number of nitrogens with zero attached hydrogens (tertiary/aromatic N) is 3. The molecule has 10 nitrogen and oxygen atoms in total. The minimum atomic E-state index is -0.818. The van der Waals surface area contributed by atoms with Crippen LogP contribution >= 0.6 is 0 Å². The van der Waals surface area contributed by atoms with Gasteiger partial charge in [0.05, 0.1) is 5.56 Å². The fraction of sp³-hybridized carbons (Fsp3) is 0.391. The van der Waals surface area contributed by atoms with Gasteiger partial charge in [0.15, 0.2) is 17.6 Å². The molecule has 1 atom stereocenters. The predicted octanol–water partition coefficient (Wildman–Crippen LogP) is 1.34. The second kappa shape index (κ2) is 9.76. The van der Waals surface area contributed by atoms with E-state index in [1.807, 2.05) is 23.1 Å². The SMILES string of the molecule is CC(=O)O[C@@H](C)C(=O)N1CCN(c2ncccc2C(=O)NCc2ccc3c(c2)OCO3)CC1. The van der Waals surface area contributed by atoms with Gasteiger partial charge < -0.3 is 29.3 Å². The second-order valence-corrected chi connectivity index (χ2v) is 7.81. The van der Waals surface area contributed by atoms with Gasteiger partial charge >= 0.3 is 5.97 Å². The molecule has 1 aromatic heterocycles. The van der Waals surface area contributed by atoms with Gasteiger partial charge in [-0.1, -0.05) is 6.07 Å². The van der Waals surface area contributed by atoms with E-state index in [1.165, 1.54) is 6.92 Å². The van der Waals surface area contributed by atoms with Crippen LogP contribution in [-0.4, -0.2) is 66.7 Å². The summed E-state index contributed by atoms with van der Waals surface area (Å²) >= 11 is 0. The van der Waals surface area contributed by atoms with Crippen LogP contribution in [0.5, 0.6) is 11.5 Å². The molecule has 2 amide bonds. The summed E-state index contributed by atoms with van der Waals surface area (Å²) in [7, 11) is 0. The van der Waals surface area contributed by atoms with E-state index in [0.717, 1.165) is 5.56 Å². The average molecular weight is 454 g/mol. The van der Waals surface area contributed by atoms with Crippen molar-refractivity contribution in [3.63, 3.8) is 0 Å². The van der Waals surface area contributed by atoms with Crippen LogP contribution in [-0.2, 0) is 20.9 Å². The van der Waals surface area contributed by atoms with Crippen LogP contribution in [0.15, 0.2) is 36.5 Å². The number of esters is 1. The minimum Gasteiger partial charge on any atom is -0.454 e. The van der Waals surface area contributed by atoms with Gasteiger partial charge in [-0.25, -0.2) is 4.98 Å². The molecule has 0 spiro atoms. The van der Waals surface area contributed by atoms with Crippen molar-refractivity contribution in [2.24, 2.45) is 0 Å². The highest BCUT2D eigenvalue weighted by Gasteiger charge is 2.28. The van der Waals surface area contributed by atoms with Gasteiger partial charge in [-0.3, -0.25) is 14.4 Å². The van der Waals surface area contributed by atoms with Crippen molar-refractivity contribution in [2.75, 3.05) is 37.9 Å². The number of hydrogen-bond acceptors (Lipinski definition) is 8. The van der Waals surface area contributed by atoms with Gasteiger partial charge in [0.1, 0.15) is 5.82 Å². The molecule has 33 heavy (non-hydrogen) atoms. The molecule has 0 radical (unpaired) electrons. The van der Waals surface area contributed by atoms with Gasteiger partial charge in [-0.2, -0.15) is 0 Å². The number of nitrogens with one attached hydrogen (secondary N) is 1. The highest BCUT2D eigenvalue weighted by molar-refractivity contribution is 5.99. The Labute approximate surface area is 191 Å². The summed E-state index contributed by atoms with van der Waals surface area (Å²) in [4.78, 5) is 44.6. The summed E-state index contributed by atoms with van der Waals surface area (Å²) in [6.07, 6.45) is 0.825. The zero-order chi connectivity index (χ0) is 23.4. The fourth-order valence-electron chi connectivity index (χ4n) is 3.85. The number of carbonyl (C=O) groups excluding carboxylic acids is 3. The molecule has 0 saturated carbocycles. The van der Waals surface area contributed by atoms with Crippen molar-refractivity contribution in [1.29, 1.82) is 0 Å². The van der Waals surface area contributed by atoms with Gasteiger partial charge in [-0.15, -0.1) is 0 Å². The largest absolute Gasteiger partial charge is 0.454 e. The molecule has 1 fully saturated rings. The fourth-order valence-corrected chi connectivity index (χ4v) is 3.85. The highest BCUT2D eigenvalue weighted by Crippen LogP contribution is 2.32. The molecule has 3 heterocycles. The lowest BCUT2D eigenvalue weighted by Gasteiger charge is -2.36. The predicted molar refractivity (Wildman–Crippen MR) is 118 cm³/mol. The first kappa shape index (κ1) is 22.4. The summed E-state index contributed by atoms with van der Waals surface area (Å²) in [5.74, 6) is 0.976. The molecule has 1 saturated heterocycles. The molecule has 1 N–H and O–H groups in total. The van der Waals surface area contributed by atoms with E-state index in [0.29, 0.717) is 55.6 Å². The number of amides is 2. The number of aromatic nitrogens is 1.